The van der Waals surface area contributed by atoms with Crippen LogP contribution in [-0.4, -0.2) is 26.7 Å². The van der Waals surface area contributed by atoms with E-state index in [-0.39, 0.29) is 29.0 Å². The lowest BCUT2D eigenvalue weighted by atomic mass is 10.1. The van der Waals surface area contributed by atoms with Crippen LogP contribution in [0, 0.1) is 6.92 Å². The van der Waals surface area contributed by atoms with Crippen LogP contribution in [0.2, 0.25) is 0 Å². The molecule has 2 aromatic carbocycles. The Morgan fingerprint density at radius 1 is 1.08 bits per heavy atom. The first-order valence-electron chi connectivity index (χ1n) is 8.63. The van der Waals surface area contributed by atoms with Gasteiger partial charge in [-0.1, -0.05) is 29.8 Å². The molecular weight excluding hydrogens is 350 g/mol. The maximum atomic E-state index is 12.3. The first-order chi connectivity index (χ1) is 12.3. The number of hydrogen-bond acceptors (Lipinski definition) is 4. The molecule has 0 radical (unpaired) electrons. The highest BCUT2D eigenvalue weighted by molar-refractivity contribution is 7.91. The van der Waals surface area contributed by atoms with Gasteiger partial charge < -0.3 is 10.1 Å². The number of ether oxygens (including phenoxy) is 1. The molecule has 26 heavy (non-hydrogen) atoms. The smallest absolute Gasteiger partial charge is 0.221 e. The van der Waals surface area contributed by atoms with Crippen LogP contribution in [-0.2, 0) is 14.6 Å². The second kappa shape index (κ2) is 8.85. The van der Waals surface area contributed by atoms with Crippen molar-refractivity contribution in [3.63, 3.8) is 0 Å². The number of nitrogens with one attached hydrogen (secondary N) is 1. The zero-order valence-corrected chi connectivity index (χ0v) is 16.2. The van der Waals surface area contributed by atoms with Gasteiger partial charge in [0.15, 0.2) is 9.84 Å². The molecule has 2 aromatic rings. The summed E-state index contributed by atoms with van der Waals surface area (Å²) in [5, 5.41) is 2.84. The quantitative estimate of drug-likeness (QED) is 0.767. The maximum absolute atomic E-state index is 12.3. The van der Waals surface area contributed by atoms with E-state index < -0.39 is 9.84 Å². The van der Waals surface area contributed by atoms with Crippen molar-refractivity contribution in [2.24, 2.45) is 0 Å². The lowest BCUT2D eigenvalue weighted by molar-refractivity contribution is -0.121. The van der Waals surface area contributed by atoms with Gasteiger partial charge in [0.1, 0.15) is 5.75 Å². The summed E-state index contributed by atoms with van der Waals surface area (Å²) < 4.78 is 30.0. The van der Waals surface area contributed by atoms with Crippen molar-refractivity contribution in [2.45, 2.75) is 38.1 Å². The van der Waals surface area contributed by atoms with Gasteiger partial charge in [-0.15, -0.1) is 0 Å². The van der Waals surface area contributed by atoms with E-state index in [1.165, 1.54) is 0 Å². The molecule has 1 atom stereocenters. The van der Waals surface area contributed by atoms with Gasteiger partial charge >= 0.3 is 0 Å². The van der Waals surface area contributed by atoms with Gasteiger partial charge in [0.05, 0.1) is 23.3 Å². The molecule has 0 fully saturated rings. The number of carbonyl (C=O) groups is 1. The highest BCUT2D eigenvalue weighted by atomic mass is 32.2. The fourth-order valence-electron chi connectivity index (χ4n) is 2.51. The summed E-state index contributed by atoms with van der Waals surface area (Å²) >= 11 is 0. The van der Waals surface area contributed by atoms with Crippen LogP contribution in [0.4, 0.5) is 0 Å². The Balaban J connectivity index is 1.90. The van der Waals surface area contributed by atoms with E-state index in [0.29, 0.717) is 6.61 Å². The molecule has 0 aliphatic rings. The summed E-state index contributed by atoms with van der Waals surface area (Å²) in [5.74, 6) is 0.277. The average molecular weight is 375 g/mol. The van der Waals surface area contributed by atoms with E-state index in [2.05, 4.69) is 5.32 Å². The van der Waals surface area contributed by atoms with Crippen LogP contribution < -0.4 is 10.1 Å². The zero-order valence-electron chi connectivity index (χ0n) is 15.4. The van der Waals surface area contributed by atoms with Gasteiger partial charge in [0.2, 0.25) is 5.91 Å². The third-order valence-corrected chi connectivity index (χ3v) is 5.78. The monoisotopic (exact) mass is 375 g/mol. The molecule has 140 valence electrons. The second-order valence-corrected chi connectivity index (χ2v) is 8.28. The van der Waals surface area contributed by atoms with Crippen molar-refractivity contribution >= 4 is 15.7 Å². The van der Waals surface area contributed by atoms with E-state index in [1.807, 2.05) is 45.0 Å². The highest BCUT2D eigenvalue weighted by Crippen LogP contribution is 2.18. The minimum Gasteiger partial charge on any atom is -0.494 e. The Hall–Kier alpha value is -2.34. The predicted molar refractivity (Wildman–Crippen MR) is 102 cm³/mol. The van der Waals surface area contributed by atoms with Gasteiger partial charge in [-0.3, -0.25) is 4.79 Å². The zero-order chi connectivity index (χ0) is 19.2. The lowest BCUT2D eigenvalue weighted by Gasteiger charge is -2.15. The maximum Gasteiger partial charge on any atom is 0.221 e. The summed E-state index contributed by atoms with van der Waals surface area (Å²) in [5.41, 5.74) is 1.93. The Morgan fingerprint density at radius 2 is 1.69 bits per heavy atom. The number of benzene rings is 2. The number of rotatable bonds is 8. The van der Waals surface area contributed by atoms with Crippen molar-refractivity contribution in [3.8, 4) is 5.75 Å². The number of sulfone groups is 1. The summed E-state index contributed by atoms with van der Waals surface area (Å²) in [4.78, 5) is 12.4. The molecular formula is C20H25NO4S. The summed E-state index contributed by atoms with van der Waals surface area (Å²) in [6, 6.07) is 13.9. The number of carbonyl (C=O) groups excluding carboxylic acids is 1. The Morgan fingerprint density at radius 3 is 2.27 bits per heavy atom. The fourth-order valence-corrected chi connectivity index (χ4v) is 3.75. The van der Waals surface area contributed by atoms with Crippen molar-refractivity contribution in [1.29, 1.82) is 0 Å². The summed E-state index contributed by atoms with van der Waals surface area (Å²) in [7, 11) is -3.46. The average Bonchev–Trinajstić information content (AvgIpc) is 2.61. The van der Waals surface area contributed by atoms with E-state index in [1.54, 1.807) is 24.3 Å². The van der Waals surface area contributed by atoms with Crippen LogP contribution >= 0.6 is 0 Å². The molecule has 1 unspecified atom stereocenters. The molecule has 0 spiro atoms. The largest absolute Gasteiger partial charge is 0.494 e. The van der Waals surface area contributed by atoms with E-state index in [0.717, 1.165) is 16.9 Å². The predicted octanol–water partition coefficient (Wildman–Crippen LogP) is 3.43. The van der Waals surface area contributed by atoms with Gasteiger partial charge in [-0.25, -0.2) is 8.42 Å². The third-order valence-electron chi connectivity index (χ3n) is 4.05. The van der Waals surface area contributed by atoms with Crippen molar-refractivity contribution in [3.05, 3.63) is 59.7 Å². The van der Waals surface area contributed by atoms with E-state index in [4.69, 9.17) is 4.74 Å². The standard InChI is InChI=1S/C20H25NO4S/c1-4-25-18-9-7-17(8-10-18)16(3)21-20(22)13-14-26(23,24)19-11-5-15(2)6-12-19/h5-12,16H,4,13-14H2,1-3H3,(H,21,22). The summed E-state index contributed by atoms with van der Waals surface area (Å²) in [6.45, 7) is 6.27. The molecule has 0 aliphatic heterocycles. The second-order valence-electron chi connectivity index (χ2n) is 6.17. The first-order valence-corrected chi connectivity index (χ1v) is 10.3. The van der Waals surface area contributed by atoms with Gasteiger partial charge in [-0.05, 0) is 50.6 Å². The Bertz CT molecular complexity index is 827. The Kier molecular flexibility index (Phi) is 6.80. The minimum atomic E-state index is -3.46. The number of hydrogen-bond donors (Lipinski definition) is 1. The molecule has 5 nitrogen and oxygen atoms in total. The topological polar surface area (TPSA) is 72.5 Å². The lowest BCUT2D eigenvalue weighted by Crippen LogP contribution is -2.28. The molecule has 0 aromatic heterocycles. The van der Waals surface area contributed by atoms with Crippen LogP contribution in [0.5, 0.6) is 5.75 Å². The molecule has 0 heterocycles. The van der Waals surface area contributed by atoms with Gasteiger partial charge in [0.25, 0.3) is 0 Å². The third kappa shape index (κ3) is 5.59. The highest BCUT2D eigenvalue weighted by Gasteiger charge is 2.17. The number of aryl methyl sites for hydroxylation is 1. The molecule has 0 aliphatic carbocycles. The van der Waals surface area contributed by atoms with E-state index in [9.17, 15) is 13.2 Å². The molecule has 1 amide bonds. The molecule has 0 saturated carbocycles. The fraction of sp³-hybridized carbons (Fsp3) is 0.350. The van der Waals surface area contributed by atoms with Crippen LogP contribution in [0.3, 0.4) is 0 Å². The molecule has 1 N–H and O–H groups in total. The van der Waals surface area contributed by atoms with Crippen molar-refractivity contribution in [1.82, 2.24) is 5.32 Å². The normalized spacial score (nSPS) is 12.4. The van der Waals surface area contributed by atoms with Crippen molar-refractivity contribution < 1.29 is 17.9 Å². The SMILES string of the molecule is CCOc1ccc(C(C)NC(=O)CCS(=O)(=O)c2ccc(C)cc2)cc1. The first kappa shape index (κ1) is 20.0. The van der Waals surface area contributed by atoms with Crippen LogP contribution in [0.25, 0.3) is 0 Å². The number of amides is 1. The van der Waals surface area contributed by atoms with Crippen LogP contribution in [0.1, 0.15) is 37.4 Å². The molecule has 2 rings (SSSR count). The minimum absolute atomic E-state index is 0.0718. The van der Waals surface area contributed by atoms with Crippen molar-refractivity contribution in [2.75, 3.05) is 12.4 Å². The molecule has 0 bridgehead atoms. The Labute approximate surface area is 155 Å². The summed E-state index contributed by atoms with van der Waals surface area (Å²) in [6.07, 6.45) is -0.0718. The molecule has 0 saturated heterocycles. The van der Waals surface area contributed by atoms with Gasteiger partial charge in [-0.2, -0.15) is 0 Å². The molecule has 6 heteroatoms. The van der Waals surface area contributed by atoms with E-state index >= 15 is 0 Å². The van der Waals surface area contributed by atoms with Crippen LogP contribution in [0.15, 0.2) is 53.4 Å². The van der Waals surface area contributed by atoms with Gasteiger partial charge in [0, 0.05) is 6.42 Å².